The van der Waals surface area contributed by atoms with Crippen molar-refractivity contribution < 1.29 is 22.7 Å². The van der Waals surface area contributed by atoms with Gasteiger partial charge in [0.25, 0.3) is 5.92 Å². The molecule has 132 valence electrons. The quantitative estimate of drug-likeness (QED) is 0.799. The fourth-order valence-electron chi connectivity index (χ4n) is 2.93. The molecule has 2 fully saturated rings. The van der Waals surface area contributed by atoms with Gasteiger partial charge in [0.2, 0.25) is 5.91 Å². The van der Waals surface area contributed by atoms with Gasteiger partial charge in [0.15, 0.2) is 0 Å². The predicted molar refractivity (Wildman–Crippen MR) is 83.0 cm³/mol. The number of nitrogens with zero attached hydrogens (tertiary/aromatic N) is 1. The summed E-state index contributed by atoms with van der Waals surface area (Å²) in [5, 5.41) is 2.66. The van der Waals surface area contributed by atoms with Gasteiger partial charge in [-0.3, -0.25) is 10.1 Å². The Labute approximate surface area is 146 Å². The first kappa shape index (κ1) is 17.8. The van der Waals surface area contributed by atoms with E-state index in [1.165, 1.54) is 17.0 Å². The smallest absolute Gasteiger partial charge is 0.262 e. The van der Waals surface area contributed by atoms with E-state index in [0.29, 0.717) is 5.56 Å². The van der Waals surface area contributed by atoms with E-state index in [1.54, 1.807) is 0 Å². The van der Waals surface area contributed by atoms with Gasteiger partial charge in [0, 0.05) is 23.6 Å². The van der Waals surface area contributed by atoms with Crippen molar-refractivity contribution in [1.29, 1.82) is 0 Å². The van der Waals surface area contributed by atoms with Crippen LogP contribution in [0.3, 0.4) is 0 Å². The number of amides is 1. The first-order valence-corrected chi connectivity index (χ1v) is 8.18. The summed E-state index contributed by atoms with van der Waals surface area (Å²) in [5.74, 6) is -3.93. The number of carbonyl (C=O) groups excluding carboxylic acids is 1. The Morgan fingerprint density at radius 1 is 1.33 bits per heavy atom. The standard InChI is InChI=1S/C15H15Cl2F3N2O2/c16-9-4-10(17)11(18)3-8(9)13-6-22(1-2-24-13)14(23)12-5-15(19,20)7-21-12/h3-4,12-13,21H,1-2,5-7H2. The van der Waals surface area contributed by atoms with Gasteiger partial charge in [-0.2, -0.15) is 0 Å². The molecule has 0 radical (unpaired) electrons. The van der Waals surface area contributed by atoms with Crippen molar-refractivity contribution in [3.63, 3.8) is 0 Å². The van der Waals surface area contributed by atoms with E-state index in [4.69, 9.17) is 27.9 Å². The zero-order valence-electron chi connectivity index (χ0n) is 12.5. The van der Waals surface area contributed by atoms with Crippen LogP contribution in [0.4, 0.5) is 13.2 Å². The molecule has 0 saturated carbocycles. The highest BCUT2D eigenvalue weighted by molar-refractivity contribution is 6.35. The van der Waals surface area contributed by atoms with Crippen molar-refractivity contribution in [2.45, 2.75) is 24.5 Å². The molecule has 1 aromatic rings. The molecule has 2 unspecified atom stereocenters. The largest absolute Gasteiger partial charge is 0.370 e. The van der Waals surface area contributed by atoms with Gasteiger partial charge in [0.05, 0.1) is 30.8 Å². The molecule has 1 aromatic carbocycles. The van der Waals surface area contributed by atoms with Crippen LogP contribution in [0, 0.1) is 5.82 Å². The lowest BCUT2D eigenvalue weighted by atomic mass is 10.1. The van der Waals surface area contributed by atoms with E-state index in [2.05, 4.69) is 5.32 Å². The van der Waals surface area contributed by atoms with E-state index >= 15 is 0 Å². The number of benzene rings is 1. The minimum atomic E-state index is -2.88. The molecule has 3 rings (SSSR count). The third kappa shape index (κ3) is 3.64. The summed E-state index contributed by atoms with van der Waals surface area (Å²) in [6, 6.07) is 1.53. The number of morpholine rings is 1. The van der Waals surface area contributed by atoms with Gasteiger partial charge in [-0.05, 0) is 12.1 Å². The number of nitrogens with one attached hydrogen (secondary N) is 1. The van der Waals surface area contributed by atoms with E-state index in [-0.39, 0.29) is 29.7 Å². The summed E-state index contributed by atoms with van der Waals surface area (Å²) in [5.41, 5.74) is 0.376. The highest BCUT2D eigenvalue weighted by Crippen LogP contribution is 2.33. The molecule has 1 amide bonds. The Morgan fingerprint density at radius 3 is 2.75 bits per heavy atom. The van der Waals surface area contributed by atoms with Crippen LogP contribution >= 0.6 is 23.2 Å². The predicted octanol–water partition coefficient (Wildman–Crippen LogP) is 3.03. The molecule has 1 N–H and O–H groups in total. The van der Waals surface area contributed by atoms with Crippen molar-refractivity contribution in [2.75, 3.05) is 26.2 Å². The third-order valence-corrected chi connectivity index (χ3v) is 4.79. The van der Waals surface area contributed by atoms with Gasteiger partial charge in [0.1, 0.15) is 11.9 Å². The van der Waals surface area contributed by atoms with Crippen LogP contribution in [0.25, 0.3) is 0 Å². The molecule has 4 nitrogen and oxygen atoms in total. The Hall–Kier alpha value is -1.02. The maximum absolute atomic E-state index is 13.7. The average molecular weight is 383 g/mol. The number of hydrogen-bond acceptors (Lipinski definition) is 3. The van der Waals surface area contributed by atoms with E-state index in [0.717, 1.165) is 0 Å². The Kier molecular flexibility index (Phi) is 4.97. The highest BCUT2D eigenvalue weighted by atomic mass is 35.5. The molecule has 9 heteroatoms. The fraction of sp³-hybridized carbons (Fsp3) is 0.533. The average Bonchev–Trinajstić information content (AvgIpc) is 2.90. The minimum absolute atomic E-state index is 0.107. The van der Waals surface area contributed by atoms with Crippen LogP contribution in [0.5, 0.6) is 0 Å². The molecule has 0 spiro atoms. The van der Waals surface area contributed by atoms with Gasteiger partial charge >= 0.3 is 0 Å². The number of hydrogen-bond donors (Lipinski definition) is 1. The van der Waals surface area contributed by atoms with Crippen LogP contribution < -0.4 is 5.32 Å². The first-order chi connectivity index (χ1) is 11.3. The SMILES string of the molecule is O=C(C1CC(F)(F)CN1)N1CCOC(c2cc(F)c(Cl)cc2Cl)C1. The lowest BCUT2D eigenvalue weighted by molar-refractivity contribution is -0.141. The Balaban J connectivity index is 1.73. The molecular formula is C15H15Cl2F3N2O2. The number of halogens is 5. The second-order valence-corrected chi connectivity index (χ2v) is 6.74. The second kappa shape index (κ2) is 6.71. The first-order valence-electron chi connectivity index (χ1n) is 7.43. The maximum Gasteiger partial charge on any atom is 0.262 e. The van der Waals surface area contributed by atoms with E-state index < -0.39 is 42.8 Å². The number of carbonyl (C=O) groups is 1. The summed E-state index contributed by atoms with van der Waals surface area (Å²) in [6.07, 6.45) is -1.16. The lowest BCUT2D eigenvalue weighted by Crippen LogP contribution is -2.49. The topological polar surface area (TPSA) is 41.6 Å². The fourth-order valence-corrected chi connectivity index (χ4v) is 3.44. The van der Waals surface area contributed by atoms with Crippen molar-refractivity contribution in [2.24, 2.45) is 0 Å². The van der Waals surface area contributed by atoms with E-state index in [1.807, 2.05) is 0 Å². The van der Waals surface area contributed by atoms with Crippen LogP contribution in [0.1, 0.15) is 18.1 Å². The lowest BCUT2D eigenvalue weighted by Gasteiger charge is -2.35. The molecule has 0 aromatic heterocycles. The number of ether oxygens (including phenoxy) is 1. The van der Waals surface area contributed by atoms with Crippen LogP contribution in [-0.2, 0) is 9.53 Å². The summed E-state index contributed by atoms with van der Waals surface area (Å²) in [6.45, 7) is 0.0989. The van der Waals surface area contributed by atoms with Gasteiger partial charge < -0.3 is 9.64 Å². The number of rotatable bonds is 2. The minimum Gasteiger partial charge on any atom is -0.370 e. The number of alkyl halides is 2. The molecule has 0 bridgehead atoms. The van der Waals surface area contributed by atoms with Gasteiger partial charge in [-0.25, -0.2) is 13.2 Å². The molecule has 2 saturated heterocycles. The van der Waals surface area contributed by atoms with Crippen molar-refractivity contribution in [1.82, 2.24) is 10.2 Å². The maximum atomic E-state index is 13.7. The van der Waals surface area contributed by atoms with Crippen LogP contribution in [-0.4, -0.2) is 49.0 Å². The summed E-state index contributed by atoms with van der Waals surface area (Å²) >= 11 is 11.8. The van der Waals surface area contributed by atoms with Crippen LogP contribution in [0.15, 0.2) is 12.1 Å². The van der Waals surface area contributed by atoms with E-state index in [9.17, 15) is 18.0 Å². The molecule has 2 aliphatic heterocycles. The Bertz CT molecular complexity index is 660. The molecule has 2 heterocycles. The summed E-state index contributed by atoms with van der Waals surface area (Å²) in [4.78, 5) is 13.9. The van der Waals surface area contributed by atoms with Crippen molar-refractivity contribution in [3.8, 4) is 0 Å². The molecule has 2 atom stereocenters. The van der Waals surface area contributed by atoms with Crippen molar-refractivity contribution in [3.05, 3.63) is 33.6 Å². The van der Waals surface area contributed by atoms with Gasteiger partial charge in [-0.15, -0.1) is 0 Å². The molecule has 2 aliphatic rings. The molecule has 24 heavy (non-hydrogen) atoms. The van der Waals surface area contributed by atoms with Crippen molar-refractivity contribution >= 4 is 29.1 Å². The second-order valence-electron chi connectivity index (χ2n) is 5.93. The zero-order valence-corrected chi connectivity index (χ0v) is 14.0. The Morgan fingerprint density at radius 2 is 2.08 bits per heavy atom. The normalized spacial score (nSPS) is 26.6. The zero-order chi connectivity index (χ0) is 17.5. The molecule has 0 aliphatic carbocycles. The third-order valence-electron chi connectivity index (χ3n) is 4.17. The van der Waals surface area contributed by atoms with Crippen LogP contribution in [0.2, 0.25) is 10.0 Å². The monoisotopic (exact) mass is 382 g/mol. The summed E-state index contributed by atoms with van der Waals surface area (Å²) < 4.78 is 45.8. The summed E-state index contributed by atoms with van der Waals surface area (Å²) in [7, 11) is 0. The molecular weight excluding hydrogens is 368 g/mol. The van der Waals surface area contributed by atoms with Gasteiger partial charge in [-0.1, -0.05) is 23.2 Å². The highest BCUT2D eigenvalue weighted by Gasteiger charge is 2.44.